The number of amides is 1. The molecule has 0 bridgehead atoms. The molecule has 7 rings (SSSR count). The molecule has 12 heteroatoms. The van der Waals surface area contributed by atoms with Crippen LogP contribution < -0.4 is 0 Å². The number of ether oxygens (including phenoxy) is 2. The molecule has 1 amide bonds. The van der Waals surface area contributed by atoms with Gasteiger partial charge in [0.2, 0.25) is 5.91 Å². The molecular formula is C27H28FN7O4. The van der Waals surface area contributed by atoms with Crippen molar-refractivity contribution in [2.75, 3.05) is 32.8 Å². The lowest BCUT2D eigenvalue weighted by Crippen LogP contribution is -2.60. The first kappa shape index (κ1) is 24.3. The fourth-order valence-corrected chi connectivity index (χ4v) is 6.35. The first-order valence-electron chi connectivity index (χ1n) is 13.4. The van der Waals surface area contributed by atoms with Crippen molar-refractivity contribution in [3.05, 3.63) is 64.4 Å². The van der Waals surface area contributed by atoms with E-state index in [4.69, 9.17) is 9.47 Å². The zero-order chi connectivity index (χ0) is 26.7. The van der Waals surface area contributed by atoms with Gasteiger partial charge >= 0.3 is 5.97 Å². The summed E-state index contributed by atoms with van der Waals surface area (Å²) in [5.41, 5.74) is 3.07. The molecule has 5 heterocycles. The van der Waals surface area contributed by atoms with E-state index in [1.165, 1.54) is 11.0 Å². The fraction of sp³-hybridized carbons (Fsp3) is 0.481. The fourth-order valence-electron chi connectivity index (χ4n) is 6.35. The van der Waals surface area contributed by atoms with Gasteiger partial charge in [-0.1, -0.05) is 12.1 Å². The molecule has 1 unspecified atom stereocenters. The topological polar surface area (TPSA) is 116 Å². The van der Waals surface area contributed by atoms with Crippen molar-refractivity contribution in [2.45, 2.75) is 50.4 Å². The predicted molar refractivity (Wildman–Crippen MR) is 134 cm³/mol. The van der Waals surface area contributed by atoms with Gasteiger partial charge in [-0.25, -0.2) is 14.2 Å². The molecule has 2 aromatic heterocycles. The second kappa shape index (κ2) is 9.45. The number of benzene rings is 1. The van der Waals surface area contributed by atoms with E-state index in [1.807, 2.05) is 17.0 Å². The number of fused-ring (bicyclic) bond motifs is 3. The zero-order valence-electron chi connectivity index (χ0n) is 21.5. The Morgan fingerprint density at radius 3 is 2.85 bits per heavy atom. The Balaban J connectivity index is 1.02. The Bertz CT molecular complexity index is 1450. The van der Waals surface area contributed by atoms with Crippen molar-refractivity contribution in [3.8, 4) is 5.82 Å². The van der Waals surface area contributed by atoms with Crippen LogP contribution in [-0.4, -0.2) is 91.8 Å². The lowest BCUT2D eigenvalue weighted by Gasteiger charge is -2.46. The number of hydrogen-bond donors (Lipinski definition) is 0. The predicted octanol–water partition coefficient (Wildman–Crippen LogP) is 1.61. The van der Waals surface area contributed by atoms with Crippen molar-refractivity contribution in [1.82, 2.24) is 35.0 Å². The number of aryl methyl sites for hydroxylation is 1. The summed E-state index contributed by atoms with van der Waals surface area (Å²) in [6.07, 6.45) is 2.54. The monoisotopic (exact) mass is 533 g/mol. The SMILES string of the molecule is C[C@H]1Cc2c(ccc([C@H]3CN4CCN(C(=O)C5CCc6nc(-n7cnnn7)ccc65)C[C@H]4CO3)c2F)C(=O)O1. The van der Waals surface area contributed by atoms with Gasteiger partial charge in [0, 0.05) is 49.4 Å². The molecular weight excluding hydrogens is 505 g/mol. The van der Waals surface area contributed by atoms with E-state index < -0.39 is 12.1 Å². The van der Waals surface area contributed by atoms with Crippen molar-refractivity contribution in [3.63, 3.8) is 0 Å². The molecule has 39 heavy (non-hydrogen) atoms. The number of piperazine rings is 1. The van der Waals surface area contributed by atoms with Gasteiger partial charge in [0.1, 0.15) is 18.2 Å². The Hall–Kier alpha value is -3.77. The minimum Gasteiger partial charge on any atom is -0.459 e. The van der Waals surface area contributed by atoms with Gasteiger partial charge in [0.15, 0.2) is 5.82 Å². The number of morpholine rings is 1. The van der Waals surface area contributed by atoms with Gasteiger partial charge in [-0.3, -0.25) is 9.69 Å². The second-order valence-corrected chi connectivity index (χ2v) is 10.7. The van der Waals surface area contributed by atoms with Crippen LogP contribution in [0.4, 0.5) is 4.39 Å². The smallest absolute Gasteiger partial charge is 0.338 e. The molecule has 3 aromatic rings. The number of cyclic esters (lactones) is 1. The summed E-state index contributed by atoms with van der Waals surface area (Å²) in [4.78, 5) is 34.7. The maximum atomic E-state index is 15.5. The summed E-state index contributed by atoms with van der Waals surface area (Å²) in [5, 5.41) is 11.2. The Morgan fingerprint density at radius 1 is 1.13 bits per heavy atom. The van der Waals surface area contributed by atoms with Gasteiger partial charge in [-0.05, 0) is 47.9 Å². The van der Waals surface area contributed by atoms with E-state index in [1.54, 1.807) is 19.1 Å². The van der Waals surface area contributed by atoms with Crippen LogP contribution in [0.3, 0.4) is 0 Å². The number of esters is 1. The van der Waals surface area contributed by atoms with E-state index in [-0.39, 0.29) is 29.8 Å². The molecule has 0 saturated carbocycles. The highest BCUT2D eigenvalue weighted by Gasteiger charge is 2.40. The number of halogens is 1. The summed E-state index contributed by atoms with van der Waals surface area (Å²) >= 11 is 0. The minimum absolute atomic E-state index is 0.0517. The number of tetrazole rings is 1. The minimum atomic E-state index is -0.478. The van der Waals surface area contributed by atoms with Gasteiger partial charge in [-0.2, -0.15) is 4.68 Å². The molecule has 2 fully saturated rings. The quantitative estimate of drug-likeness (QED) is 0.463. The molecule has 4 atom stereocenters. The summed E-state index contributed by atoms with van der Waals surface area (Å²) < 4.78 is 28.4. The molecule has 4 aliphatic rings. The summed E-state index contributed by atoms with van der Waals surface area (Å²) in [6.45, 7) is 4.59. The van der Waals surface area contributed by atoms with Crippen LogP contribution in [0.15, 0.2) is 30.6 Å². The van der Waals surface area contributed by atoms with Crippen LogP contribution in [0.1, 0.15) is 58.1 Å². The Morgan fingerprint density at radius 2 is 2.00 bits per heavy atom. The molecule has 202 valence electrons. The lowest BCUT2D eigenvalue weighted by molar-refractivity contribution is -0.141. The average molecular weight is 534 g/mol. The highest BCUT2D eigenvalue weighted by molar-refractivity contribution is 5.92. The maximum absolute atomic E-state index is 15.5. The highest BCUT2D eigenvalue weighted by Crippen LogP contribution is 2.36. The molecule has 0 spiro atoms. The van der Waals surface area contributed by atoms with Crippen molar-refractivity contribution in [2.24, 2.45) is 0 Å². The molecule has 11 nitrogen and oxygen atoms in total. The van der Waals surface area contributed by atoms with Crippen LogP contribution in [0.25, 0.3) is 5.82 Å². The zero-order valence-corrected chi connectivity index (χ0v) is 21.5. The summed E-state index contributed by atoms with van der Waals surface area (Å²) in [6, 6.07) is 7.15. The molecule has 1 aromatic carbocycles. The molecule has 0 radical (unpaired) electrons. The van der Waals surface area contributed by atoms with E-state index in [0.29, 0.717) is 61.7 Å². The highest BCUT2D eigenvalue weighted by atomic mass is 19.1. The first-order valence-corrected chi connectivity index (χ1v) is 13.4. The lowest BCUT2D eigenvalue weighted by atomic mass is 9.93. The Kier molecular flexibility index (Phi) is 5.89. The molecule has 0 N–H and O–H groups in total. The number of carbonyl (C=O) groups excluding carboxylic acids is 2. The van der Waals surface area contributed by atoms with E-state index in [9.17, 15) is 9.59 Å². The van der Waals surface area contributed by atoms with Gasteiger partial charge in [-0.15, -0.1) is 5.10 Å². The largest absolute Gasteiger partial charge is 0.459 e. The summed E-state index contributed by atoms with van der Waals surface area (Å²) in [5.74, 6) is -0.301. The standard InChI is InChI=1S/C27H28FN7O4/c1-15-10-21-19(27(37)39-15)2-3-20(25(21)28)23-12-33-8-9-34(11-16(33)13-38-23)26(36)18-4-6-22-17(18)5-7-24(30-22)35-14-29-31-32-35/h2-3,5,7,14-16,18,23H,4,6,8-13H2,1H3/t15-,16-,18?,23+/m0/s1. The Labute approximate surface area is 223 Å². The third kappa shape index (κ3) is 4.18. The van der Waals surface area contributed by atoms with Crippen LogP contribution in [0.2, 0.25) is 0 Å². The number of carbonyl (C=O) groups is 2. The second-order valence-electron chi connectivity index (χ2n) is 10.7. The van der Waals surface area contributed by atoms with E-state index in [0.717, 1.165) is 24.1 Å². The molecule has 3 aliphatic heterocycles. The number of hydrogen-bond acceptors (Lipinski definition) is 9. The van der Waals surface area contributed by atoms with Gasteiger partial charge in [0.25, 0.3) is 0 Å². The van der Waals surface area contributed by atoms with Crippen molar-refractivity contribution >= 4 is 11.9 Å². The number of rotatable bonds is 3. The molecule has 1 aliphatic carbocycles. The molecule has 2 saturated heterocycles. The number of pyridine rings is 1. The third-order valence-corrected chi connectivity index (χ3v) is 8.37. The van der Waals surface area contributed by atoms with Crippen molar-refractivity contribution in [1.29, 1.82) is 0 Å². The maximum Gasteiger partial charge on any atom is 0.338 e. The first-order chi connectivity index (χ1) is 19.0. The van der Waals surface area contributed by atoms with Gasteiger partial charge < -0.3 is 14.4 Å². The summed E-state index contributed by atoms with van der Waals surface area (Å²) in [7, 11) is 0. The van der Waals surface area contributed by atoms with Gasteiger partial charge in [0.05, 0.1) is 30.2 Å². The van der Waals surface area contributed by atoms with Crippen LogP contribution >= 0.6 is 0 Å². The normalized spacial score (nSPS) is 26.5. The van der Waals surface area contributed by atoms with Crippen LogP contribution in [0, 0.1) is 5.82 Å². The number of nitrogens with zero attached hydrogens (tertiary/aromatic N) is 7. The number of aromatic nitrogens is 5. The van der Waals surface area contributed by atoms with Crippen LogP contribution in [0.5, 0.6) is 0 Å². The van der Waals surface area contributed by atoms with Crippen molar-refractivity contribution < 1.29 is 23.5 Å². The van der Waals surface area contributed by atoms with E-state index >= 15 is 4.39 Å². The van der Waals surface area contributed by atoms with Crippen LogP contribution in [-0.2, 0) is 27.1 Å². The average Bonchev–Trinajstić information content (AvgIpc) is 3.63. The third-order valence-electron chi connectivity index (χ3n) is 8.37. The van der Waals surface area contributed by atoms with E-state index in [2.05, 4.69) is 25.4 Å².